The standard InChI is InChI=1S/C7H10F3N3O2.ClH/c8-7(9,10)5(11)6(15)13-2-1-12-4(14)3-13;/h5H,1-3,11H2,(H,12,14);1H. The summed E-state index contributed by atoms with van der Waals surface area (Å²) in [5.41, 5.74) is 4.72. The molecule has 1 heterocycles. The molecule has 94 valence electrons. The first-order valence-corrected chi connectivity index (χ1v) is 4.20. The van der Waals surface area contributed by atoms with Crippen LogP contribution in [0.15, 0.2) is 0 Å². The fourth-order valence-electron chi connectivity index (χ4n) is 1.16. The predicted molar refractivity (Wildman–Crippen MR) is 50.9 cm³/mol. The highest BCUT2D eigenvalue weighted by Gasteiger charge is 2.44. The topological polar surface area (TPSA) is 75.4 Å². The Bertz CT molecular complexity index is 285. The average Bonchev–Trinajstić information content (AvgIpc) is 2.14. The molecule has 0 aromatic heterocycles. The van der Waals surface area contributed by atoms with E-state index in [1.165, 1.54) is 0 Å². The van der Waals surface area contributed by atoms with Gasteiger partial charge >= 0.3 is 6.18 Å². The third kappa shape index (κ3) is 3.53. The lowest BCUT2D eigenvalue weighted by Crippen LogP contribution is -2.57. The zero-order valence-electron chi connectivity index (χ0n) is 8.08. The molecular formula is C7H11ClF3N3O2. The number of halogens is 4. The second kappa shape index (κ2) is 5.35. The van der Waals surface area contributed by atoms with Gasteiger partial charge in [0.2, 0.25) is 11.8 Å². The third-order valence-corrected chi connectivity index (χ3v) is 1.97. The lowest BCUT2D eigenvalue weighted by molar-refractivity contribution is -0.171. The van der Waals surface area contributed by atoms with Gasteiger partial charge in [0, 0.05) is 13.1 Å². The number of amides is 2. The molecule has 0 saturated carbocycles. The molecule has 0 aromatic rings. The lowest BCUT2D eigenvalue weighted by atomic mass is 10.2. The van der Waals surface area contributed by atoms with Crippen LogP contribution in [0.25, 0.3) is 0 Å². The van der Waals surface area contributed by atoms with E-state index in [-0.39, 0.29) is 32.0 Å². The monoisotopic (exact) mass is 261 g/mol. The maximum absolute atomic E-state index is 12.1. The largest absolute Gasteiger partial charge is 0.412 e. The van der Waals surface area contributed by atoms with Crippen molar-refractivity contribution in [3.8, 4) is 0 Å². The number of hydrogen-bond acceptors (Lipinski definition) is 3. The van der Waals surface area contributed by atoms with Crippen molar-refractivity contribution in [2.75, 3.05) is 19.6 Å². The molecule has 1 fully saturated rings. The molecule has 0 aliphatic carbocycles. The summed E-state index contributed by atoms with van der Waals surface area (Å²) in [4.78, 5) is 22.8. The number of rotatable bonds is 1. The summed E-state index contributed by atoms with van der Waals surface area (Å²) in [6.45, 7) is -0.174. The molecule has 2 amide bonds. The van der Waals surface area contributed by atoms with E-state index < -0.39 is 24.0 Å². The number of hydrogen-bond donors (Lipinski definition) is 2. The average molecular weight is 262 g/mol. The molecule has 16 heavy (non-hydrogen) atoms. The van der Waals surface area contributed by atoms with Crippen molar-refractivity contribution in [2.45, 2.75) is 12.2 Å². The van der Waals surface area contributed by atoms with Crippen LogP contribution in [0.3, 0.4) is 0 Å². The predicted octanol–water partition coefficient (Wildman–Crippen LogP) is -0.744. The minimum absolute atomic E-state index is 0. The molecular weight excluding hydrogens is 251 g/mol. The van der Waals surface area contributed by atoms with Crippen LogP contribution >= 0.6 is 12.4 Å². The van der Waals surface area contributed by atoms with Crippen molar-refractivity contribution in [1.29, 1.82) is 0 Å². The second-order valence-electron chi connectivity index (χ2n) is 3.13. The molecule has 1 unspecified atom stereocenters. The summed E-state index contributed by atoms with van der Waals surface area (Å²) >= 11 is 0. The van der Waals surface area contributed by atoms with E-state index in [2.05, 4.69) is 5.32 Å². The maximum Gasteiger partial charge on any atom is 0.412 e. The van der Waals surface area contributed by atoms with E-state index in [4.69, 9.17) is 5.73 Å². The molecule has 0 spiro atoms. The van der Waals surface area contributed by atoms with Crippen LogP contribution < -0.4 is 11.1 Å². The molecule has 0 aromatic carbocycles. The smallest absolute Gasteiger partial charge is 0.353 e. The Morgan fingerprint density at radius 3 is 2.50 bits per heavy atom. The first-order chi connectivity index (χ1) is 6.82. The number of carbonyl (C=O) groups excluding carboxylic acids is 2. The Morgan fingerprint density at radius 1 is 1.50 bits per heavy atom. The van der Waals surface area contributed by atoms with Crippen LogP contribution in [0.1, 0.15) is 0 Å². The summed E-state index contributed by atoms with van der Waals surface area (Å²) in [5.74, 6) is -1.75. The maximum atomic E-state index is 12.1. The van der Waals surface area contributed by atoms with Crippen molar-refractivity contribution in [2.24, 2.45) is 5.73 Å². The van der Waals surface area contributed by atoms with Gasteiger partial charge in [0.25, 0.3) is 0 Å². The Balaban J connectivity index is 0.00000225. The van der Waals surface area contributed by atoms with Crippen molar-refractivity contribution >= 4 is 24.2 Å². The zero-order chi connectivity index (χ0) is 11.6. The van der Waals surface area contributed by atoms with Crippen molar-refractivity contribution < 1.29 is 22.8 Å². The number of carbonyl (C=O) groups is 2. The van der Waals surface area contributed by atoms with Crippen molar-refractivity contribution in [3.05, 3.63) is 0 Å². The zero-order valence-corrected chi connectivity index (χ0v) is 8.90. The minimum atomic E-state index is -4.77. The van der Waals surface area contributed by atoms with Crippen LogP contribution in [0.5, 0.6) is 0 Å². The summed E-state index contributed by atoms with van der Waals surface area (Å²) in [7, 11) is 0. The van der Waals surface area contributed by atoms with Gasteiger partial charge in [-0.15, -0.1) is 12.4 Å². The fraction of sp³-hybridized carbons (Fsp3) is 0.714. The van der Waals surface area contributed by atoms with Gasteiger partial charge in [-0.05, 0) is 0 Å². The van der Waals surface area contributed by atoms with Crippen LogP contribution in [0, 0.1) is 0 Å². The molecule has 1 rings (SSSR count). The van der Waals surface area contributed by atoms with E-state index in [0.29, 0.717) is 0 Å². The normalized spacial score (nSPS) is 18.5. The summed E-state index contributed by atoms with van der Waals surface area (Å²) in [5, 5.41) is 2.39. The van der Waals surface area contributed by atoms with Gasteiger partial charge < -0.3 is 16.0 Å². The third-order valence-electron chi connectivity index (χ3n) is 1.97. The van der Waals surface area contributed by atoms with Crippen molar-refractivity contribution in [3.63, 3.8) is 0 Å². The number of piperazine rings is 1. The van der Waals surface area contributed by atoms with Crippen LogP contribution in [-0.4, -0.2) is 48.6 Å². The highest BCUT2D eigenvalue weighted by Crippen LogP contribution is 2.20. The Kier molecular flexibility index (Phi) is 5.01. The van der Waals surface area contributed by atoms with Gasteiger partial charge in [-0.2, -0.15) is 13.2 Å². The first kappa shape index (κ1) is 15.0. The van der Waals surface area contributed by atoms with Gasteiger partial charge in [0.15, 0.2) is 6.04 Å². The molecule has 0 radical (unpaired) electrons. The lowest BCUT2D eigenvalue weighted by Gasteiger charge is -2.29. The van der Waals surface area contributed by atoms with Crippen molar-refractivity contribution in [1.82, 2.24) is 10.2 Å². The molecule has 5 nitrogen and oxygen atoms in total. The summed E-state index contributed by atoms with van der Waals surface area (Å²) in [6, 6.07) is -2.55. The van der Waals surface area contributed by atoms with E-state index >= 15 is 0 Å². The molecule has 1 saturated heterocycles. The van der Waals surface area contributed by atoms with Crippen LogP contribution in [0.4, 0.5) is 13.2 Å². The van der Waals surface area contributed by atoms with Gasteiger partial charge in [-0.1, -0.05) is 0 Å². The Labute approximate surface area is 95.5 Å². The molecule has 1 aliphatic heterocycles. The highest BCUT2D eigenvalue weighted by molar-refractivity contribution is 5.88. The number of nitrogens with two attached hydrogens (primary N) is 1. The van der Waals surface area contributed by atoms with E-state index in [9.17, 15) is 22.8 Å². The van der Waals surface area contributed by atoms with Gasteiger partial charge in [-0.3, -0.25) is 9.59 Å². The van der Waals surface area contributed by atoms with Crippen LogP contribution in [0.2, 0.25) is 0 Å². The SMILES string of the molecule is Cl.NC(C(=O)N1CCNC(=O)C1)C(F)(F)F. The van der Waals surface area contributed by atoms with Crippen LogP contribution in [-0.2, 0) is 9.59 Å². The van der Waals surface area contributed by atoms with Gasteiger partial charge in [0.1, 0.15) is 0 Å². The quantitative estimate of drug-likeness (QED) is 0.653. The molecule has 1 aliphatic rings. The number of alkyl halides is 3. The number of nitrogens with one attached hydrogen (secondary N) is 1. The molecule has 1 atom stereocenters. The summed E-state index contributed by atoms with van der Waals surface area (Å²) in [6.07, 6.45) is -4.77. The molecule has 0 bridgehead atoms. The second-order valence-corrected chi connectivity index (χ2v) is 3.13. The fourth-order valence-corrected chi connectivity index (χ4v) is 1.16. The highest BCUT2D eigenvalue weighted by atomic mass is 35.5. The van der Waals surface area contributed by atoms with Gasteiger partial charge in [-0.25, -0.2) is 0 Å². The summed E-state index contributed by atoms with van der Waals surface area (Å²) < 4.78 is 36.2. The first-order valence-electron chi connectivity index (χ1n) is 4.20. The Hall–Kier alpha value is -1.02. The van der Waals surface area contributed by atoms with Gasteiger partial charge in [0.05, 0.1) is 6.54 Å². The number of nitrogens with zero attached hydrogens (tertiary/aromatic N) is 1. The molecule has 9 heteroatoms. The Morgan fingerprint density at radius 2 is 2.06 bits per heavy atom. The molecule has 3 N–H and O–H groups in total. The van der Waals surface area contributed by atoms with E-state index in [0.717, 1.165) is 4.90 Å². The minimum Gasteiger partial charge on any atom is -0.353 e. The van der Waals surface area contributed by atoms with E-state index in [1.54, 1.807) is 0 Å². The van der Waals surface area contributed by atoms with E-state index in [1.807, 2.05) is 0 Å².